The lowest BCUT2D eigenvalue weighted by molar-refractivity contribution is -0.128. The largest absolute Gasteiger partial charge is 0.496 e. The minimum atomic E-state index is -0.485. The van der Waals surface area contributed by atoms with Gasteiger partial charge in [-0.05, 0) is 36.2 Å². The number of hydrogen-bond donors (Lipinski definition) is 0. The zero-order valence-corrected chi connectivity index (χ0v) is 12.2. The third-order valence-electron chi connectivity index (χ3n) is 3.06. The van der Waals surface area contributed by atoms with Crippen LogP contribution in [0.4, 0.5) is 0 Å². The Hall–Kier alpha value is -2.00. The SMILES string of the molecule is C=CC(=O)Oc1c(CC)cc(OC)c2cc(Cl)ccc12. The molecule has 0 N–H and O–H groups in total. The monoisotopic (exact) mass is 290 g/mol. The molecule has 0 fully saturated rings. The molecular weight excluding hydrogens is 276 g/mol. The summed E-state index contributed by atoms with van der Waals surface area (Å²) in [4.78, 5) is 11.5. The Labute approximate surface area is 122 Å². The van der Waals surface area contributed by atoms with Gasteiger partial charge in [0, 0.05) is 21.9 Å². The predicted octanol–water partition coefficient (Wildman–Crippen LogP) is 4.16. The first-order valence-electron chi connectivity index (χ1n) is 6.24. The third-order valence-corrected chi connectivity index (χ3v) is 3.29. The Morgan fingerprint density at radius 3 is 2.70 bits per heavy atom. The number of esters is 1. The second kappa shape index (κ2) is 5.97. The van der Waals surface area contributed by atoms with E-state index in [1.807, 2.05) is 19.1 Å². The van der Waals surface area contributed by atoms with E-state index >= 15 is 0 Å². The molecule has 0 unspecified atom stereocenters. The number of rotatable bonds is 4. The van der Waals surface area contributed by atoms with Crippen molar-refractivity contribution in [3.05, 3.63) is 47.5 Å². The molecule has 0 radical (unpaired) electrons. The van der Waals surface area contributed by atoms with Crippen LogP contribution in [0.1, 0.15) is 12.5 Å². The summed E-state index contributed by atoms with van der Waals surface area (Å²) in [5, 5.41) is 2.20. The molecule has 0 aromatic heterocycles. The van der Waals surface area contributed by atoms with Crippen LogP contribution in [0.3, 0.4) is 0 Å². The van der Waals surface area contributed by atoms with Crippen molar-refractivity contribution in [2.24, 2.45) is 0 Å². The lowest BCUT2D eigenvalue weighted by Crippen LogP contribution is -2.06. The maximum absolute atomic E-state index is 11.5. The quantitative estimate of drug-likeness (QED) is 0.482. The zero-order valence-electron chi connectivity index (χ0n) is 11.4. The van der Waals surface area contributed by atoms with E-state index in [-0.39, 0.29) is 0 Å². The first kappa shape index (κ1) is 14.4. The van der Waals surface area contributed by atoms with Crippen LogP contribution in [0, 0.1) is 0 Å². The zero-order chi connectivity index (χ0) is 14.7. The number of hydrogen-bond acceptors (Lipinski definition) is 3. The van der Waals surface area contributed by atoms with E-state index in [2.05, 4.69) is 6.58 Å². The highest BCUT2D eigenvalue weighted by Gasteiger charge is 2.15. The molecule has 20 heavy (non-hydrogen) atoms. The van der Waals surface area contributed by atoms with Crippen molar-refractivity contribution in [1.82, 2.24) is 0 Å². The number of benzene rings is 2. The van der Waals surface area contributed by atoms with Crippen molar-refractivity contribution < 1.29 is 14.3 Å². The molecule has 0 saturated carbocycles. The fourth-order valence-corrected chi connectivity index (χ4v) is 2.26. The third kappa shape index (κ3) is 2.63. The molecule has 0 amide bonds. The molecular formula is C16H15ClO3. The molecule has 0 saturated heterocycles. The van der Waals surface area contributed by atoms with Gasteiger partial charge in [0.15, 0.2) is 0 Å². The molecule has 2 aromatic carbocycles. The number of aryl methyl sites for hydroxylation is 1. The minimum absolute atomic E-state index is 0.485. The van der Waals surface area contributed by atoms with Gasteiger partial charge in [-0.15, -0.1) is 0 Å². The van der Waals surface area contributed by atoms with Crippen LogP contribution in [-0.2, 0) is 11.2 Å². The first-order valence-corrected chi connectivity index (χ1v) is 6.61. The van der Waals surface area contributed by atoms with Gasteiger partial charge in [-0.1, -0.05) is 25.1 Å². The molecule has 4 heteroatoms. The summed E-state index contributed by atoms with van der Waals surface area (Å²) in [6.07, 6.45) is 1.86. The molecule has 0 heterocycles. The van der Waals surface area contributed by atoms with Crippen LogP contribution in [0.2, 0.25) is 5.02 Å². The minimum Gasteiger partial charge on any atom is -0.496 e. The van der Waals surface area contributed by atoms with Gasteiger partial charge in [-0.3, -0.25) is 0 Å². The summed E-state index contributed by atoms with van der Waals surface area (Å²) in [5.74, 6) is 0.753. The maximum Gasteiger partial charge on any atom is 0.335 e. The number of fused-ring (bicyclic) bond motifs is 1. The van der Waals surface area contributed by atoms with Crippen LogP contribution >= 0.6 is 11.6 Å². The van der Waals surface area contributed by atoms with E-state index in [9.17, 15) is 4.79 Å². The molecule has 0 atom stereocenters. The van der Waals surface area contributed by atoms with Crippen molar-refractivity contribution >= 4 is 28.3 Å². The van der Waals surface area contributed by atoms with E-state index < -0.39 is 5.97 Å². The highest BCUT2D eigenvalue weighted by atomic mass is 35.5. The molecule has 104 valence electrons. The lowest BCUT2D eigenvalue weighted by Gasteiger charge is -2.14. The Bertz CT molecular complexity index is 677. The predicted molar refractivity (Wildman–Crippen MR) is 80.7 cm³/mol. The summed E-state index contributed by atoms with van der Waals surface area (Å²) >= 11 is 6.03. The molecule has 0 aliphatic heterocycles. The van der Waals surface area contributed by atoms with Crippen molar-refractivity contribution in [1.29, 1.82) is 0 Å². The van der Waals surface area contributed by atoms with Gasteiger partial charge < -0.3 is 9.47 Å². The number of halogens is 1. The molecule has 2 rings (SSSR count). The highest BCUT2D eigenvalue weighted by Crippen LogP contribution is 2.38. The molecule has 2 aromatic rings. The van der Waals surface area contributed by atoms with E-state index in [0.717, 1.165) is 22.4 Å². The van der Waals surface area contributed by atoms with Crippen molar-refractivity contribution in [3.8, 4) is 11.5 Å². The molecule has 0 aliphatic rings. The molecule has 0 bridgehead atoms. The summed E-state index contributed by atoms with van der Waals surface area (Å²) in [6, 6.07) is 7.24. The number of ether oxygens (including phenoxy) is 2. The second-order valence-electron chi connectivity index (χ2n) is 4.24. The van der Waals surface area contributed by atoms with Crippen molar-refractivity contribution in [2.75, 3.05) is 7.11 Å². The van der Waals surface area contributed by atoms with Gasteiger partial charge in [-0.25, -0.2) is 4.79 Å². The number of carbonyl (C=O) groups excluding carboxylic acids is 1. The van der Waals surface area contributed by atoms with E-state index in [1.54, 1.807) is 19.2 Å². The van der Waals surface area contributed by atoms with Gasteiger partial charge >= 0.3 is 5.97 Å². The van der Waals surface area contributed by atoms with E-state index in [0.29, 0.717) is 22.9 Å². The van der Waals surface area contributed by atoms with Gasteiger partial charge in [0.2, 0.25) is 0 Å². The Morgan fingerprint density at radius 2 is 2.10 bits per heavy atom. The number of carbonyl (C=O) groups is 1. The maximum atomic E-state index is 11.5. The highest BCUT2D eigenvalue weighted by molar-refractivity contribution is 6.31. The van der Waals surface area contributed by atoms with Gasteiger partial charge in [-0.2, -0.15) is 0 Å². The average molecular weight is 291 g/mol. The fourth-order valence-electron chi connectivity index (χ4n) is 2.09. The summed E-state index contributed by atoms with van der Waals surface area (Å²) in [6.45, 7) is 5.41. The summed E-state index contributed by atoms with van der Waals surface area (Å²) in [5.41, 5.74) is 0.895. The van der Waals surface area contributed by atoms with Crippen molar-refractivity contribution in [3.63, 3.8) is 0 Å². The Morgan fingerprint density at radius 1 is 1.35 bits per heavy atom. The van der Waals surface area contributed by atoms with Gasteiger partial charge in [0.25, 0.3) is 0 Å². The molecule has 0 spiro atoms. The van der Waals surface area contributed by atoms with Crippen LogP contribution in [-0.4, -0.2) is 13.1 Å². The molecule has 0 aliphatic carbocycles. The molecule has 3 nitrogen and oxygen atoms in total. The normalized spacial score (nSPS) is 10.3. The summed E-state index contributed by atoms with van der Waals surface area (Å²) in [7, 11) is 1.60. The van der Waals surface area contributed by atoms with Gasteiger partial charge in [0.05, 0.1) is 7.11 Å². The average Bonchev–Trinajstić information content (AvgIpc) is 2.47. The van der Waals surface area contributed by atoms with E-state index in [1.165, 1.54) is 0 Å². The number of methoxy groups -OCH3 is 1. The Kier molecular flexibility index (Phi) is 4.30. The van der Waals surface area contributed by atoms with Crippen molar-refractivity contribution in [2.45, 2.75) is 13.3 Å². The van der Waals surface area contributed by atoms with Gasteiger partial charge in [0.1, 0.15) is 11.5 Å². The summed E-state index contributed by atoms with van der Waals surface area (Å²) < 4.78 is 10.8. The second-order valence-corrected chi connectivity index (χ2v) is 4.67. The fraction of sp³-hybridized carbons (Fsp3) is 0.188. The Balaban J connectivity index is 2.76. The van der Waals surface area contributed by atoms with Crippen LogP contribution < -0.4 is 9.47 Å². The topological polar surface area (TPSA) is 35.5 Å². The van der Waals surface area contributed by atoms with E-state index in [4.69, 9.17) is 21.1 Å². The van der Waals surface area contributed by atoms with Crippen LogP contribution in [0.5, 0.6) is 11.5 Å². The standard InChI is InChI=1S/C16H15ClO3/c1-4-10-8-14(19-3)13-9-11(17)6-7-12(13)16(10)20-15(18)5-2/h5-9H,2,4H2,1,3H3. The van der Waals surface area contributed by atoms with Crippen LogP contribution in [0.15, 0.2) is 36.9 Å². The smallest absolute Gasteiger partial charge is 0.335 e. The van der Waals surface area contributed by atoms with Crippen LogP contribution in [0.25, 0.3) is 10.8 Å². The first-order chi connectivity index (χ1) is 9.60. The lowest BCUT2D eigenvalue weighted by atomic mass is 10.0.